The Balaban J connectivity index is 0.00000196. The number of nitrogens with one attached hydrogen (secondary N) is 1. The molecule has 2 aromatic heterocycles. The summed E-state index contributed by atoms with van der Waals surface area (Å²) in [5.74, 6) is 0.693. The second-order valence-electron chi connectivity index (χ2n) is 6.84. The number of aromatic nitrogens is 3. The van der Waals surface area contributed by atoms with Gasteiger partial charge in [0.25, 0.3) is 0 Å². The van der Waals surface area contributed by atoms with Crippen LogP contribution in [0.15, 0.2) is 36.4 Å². The van der Waals surface area contributed by atoms with Crippen LogP contribution in [0.4, 0.5) is 0 Å². The lowest BCUT2D eigenvalue weighted by atomic mass is 10.1. The topological polar surface area (TPSA) is 65.0 Å². The molecule has 1 atom stereocenters. The first-order valence-corrected chi connectivity index (χ1v) is 9.04. The van der Waals surface area contributed by atoms with Crippen LogP contribution in [0.25, 0.3) is 22.3 Å². The van der Waals surface area contributed by atoms with Crippen LogP contribution < -0.4 is 0 Å². The number of hydrogen-bond donors (Lipinski definition) is 2. The fourth-order valence-corrected chi connectivity index (χ4v) is 3.64. The minimum Gasteiger partial charge on any atom is -0.385 e. The Labute approximate surface area is 159 Å². The van der Waals surface area contributed by atoms with Crippen LogP contribution in [0.1, 0.15) is 36.9 Å². The monoisotopic (exact) mass is 372 g/mol. The Morgan fingerprint density at radius 2 is 1.85 bits per heavy atom. The molecule has 5 nitrogen and oxygen atoms in total. The van der Waals surface area contributed by atoms with Crippen LogP contribution in [-0.2, 0) is 0 Å². The van der Waals surface area contributed by atoms with Crippen LogP contribution >= 0.6 is 12.4 Å². The summed E-state index contributed by atoms with van der Waals surface area (Å²) < 4.78 is 0. The predicted molar refractivity (Wildman–Crippen MR) is 107 cm³/mol. The zero-order valence-corrected chi connectivity index (χ0v) is 15.8. The third-order valence-electron chi connectivity index (χ3n) is 4.90. The molecular formula is C20H25ClN4O. The molecule has 2 N–H and O–H groups in total. The Morgan fingerprint density at radius 3 is 2.58 bits per heavy atom. The standard InChI is InChI=1S/C20H24N4O.ClH/c1-14-21-17-12-16(15-8-4-2-5-9-15)23-19(17)20(22-14)18(25)13-24-10-6-3-7-11-24;/h2,4-5,8-9,12,18,23,25H,3,6-7,10-11,13H2,1H3;1H. The van der Waals surface area contributed by atoms with E-state index in [2.05, 4.69) is 32.0 Å². The molecule has 26 heavy (non-hydrogen) atoms. The van der Waals surface area contributed by atoms with Crippen molar-refractivity contribution >= 4 is 23.4 Å². The van der Waals surface area contributed by atoms with Crippen LogP contribution in [-0.4, -0.2) is 44.6 Å². The molecule has 1 aliphatic heterocycles. The van der Waals surface area contributed by atoms with Crippen molar-refractivity contribution in [3.05, 3.63) is 47.9 Å². The Morgan fingerprint density at radius 1 is 1.12 bits per heavy atom. The molecule has 3 heterocycles. The highest BCUT2D eigenvalue weighted by Gasteiger charge is 2.21. The highest BCUT2D eigenvalue weighted by atomic mass is 35.5. The first-order valence-electron chi connectivity index (χ1n) is 9.04. The van der Waals surface area contributed by atoms with E-state index < -0.39 is 6.10 Å². The van der Waals surface area contributed by atoms with Gasteiger partial charge in [0.2, 0.25) is 0 Å². The summed E-state index contributed by atoms with van der Waals surface area (Å²) >= 11 is 0. The maximum absolute atomic E-state index is 10.8. The van der Waals surface area contributed by atoms with Gasteiger partial charge in [-0.2, -0.15) is 0 Å². The molecule has 0 radical (unpaired) electrons. The van der Waals surface area contributed by atoms with Crippen LogP contribution in [0.2, 0.25) is 0 Å². The maximum atomic E-state index is 10.8. The number of likely N-dealkylation sites (tertiary alicyclic amines) is 1. The molecule has 0 spiro atoms. The fraction of sp³-hybridized carbons (Fsp3) is 0.400. The number of fused-ring (bicyclic) bond motifs is 1. The number of β-amino-alcohol motifs (C(OH)–C–C–N with tert-alkyl or cyclic N) is 1. The van der Waals surface area contributed by atoms with Crippen molar-refractivity contribution < 1.29 is 5.11 Å². The lowest BCUT2D eigenvalue weighted by molar-refractivity contribution is 0.0992. The molecule has 0 aliphatic carbocycles. The first kappa shape index (κ1) is 18.8. The average molecular weight is 373 g/mol. The van der Waals surface area contributed by atoms with Gasteiger partial charge in [0.05, 0.1) is 16.7 Å². The average Bonchev–Trinajstić information content (AvgIpc) is 3.06. The third kappa shape index (κ3) is 3.90. The number of piperidine rings is 1. The second kappa shape index (κ2) is 8.16. The number of aryl methyl sites for hydroxylation is 1. The number of halogens is 1. The number of aliphatic hydroxyl groups excluding tert-OH is 1. The number of rotatable bonds is 4. The molecule has 1 aromatic carbocycles. The van der Waals surface area contributed by atoms with Gasteiger partial charge in [-0.05, 0) is 44.5 Å². The number of hydrogen-bond acceptors (Lipinski definition) is 4. The second-order valence-corrected chi connectivity index (χ2v) is 6.84. The van der Waals surface area contributed by atoms with E-state index in [9.17, 15) is 5.11 Å². The van der Waals surface area contributed by atoms with E-state index in [-0.39, 0.29) is 12.4 Å². The van der Waals surface area contributed by atoms with Gasteiger partial charge in [-0.25, -0.2) is 9.97 Å². The number of nitrogens with zero attached hydrogens (tertiary/aromatic N) is 3. The van der Waals surface area contributed by atoms with E-state index in [0.717, 1.165) is 35.4 Å². The van der Waals surface area contributed by atoms with Gasteiger partial charge < -0.3 is 15.0 Å². The smallest absolute Gasteiger partial charge is 0.126 e. The minimum atomic E-state index is -0.607. The highest BCUT2D eigenvalue weighted by molar-refractivity contribution is 5.85. The summed E-state index contributed by atoms with van der Waals surface area (Å²) in [7, 11) is 0. The van der Waals surface area contributed by atoms with Crippen molar-refractivity contribution in [3.8, 4) is 11.3 Å². The number of H-pyrrole nitrogens is 1. The van der Waals surface area contributed by atoms with Crippen molar-refractivity contribution in [3.63, 3.8) is 0 Å². The Hall–Kier alpha value is -1.95. The normalized spacial score (nSPS) is 16.4. The number of aromatic amines is 1. The fourth-order valence-electron chi connectivity index (χ4n) is 3.64. The molecule has 1 aliphatic rings. The van der Waals surface area contributed by atoms with Crippen LogP contribution in [0.5, 0.6) is 0 Å². The minimum absolute atomic E-state index is 0. The summed E-state index contributed by atoms with van der Waals surface area (Å²) in [5, 5.41) is 10.8. The zero-order chi connectivity index (χ0) is 17.2. The van der Waals surface area contributed by atoms with Crippen LogP contribution in [0, 0.1) is 6.92 Å². The van der Waals surface area contributed by atoms with Gasteiger partial charge in [-0.1, -0.05) is 36.8 Å². The van der Waals surface area contributed by atoms with E-state index in [1.54, 1.807) is 0 Å². The lowest BCUT2D eigenvalue weighted by Crippen LogP contribution is -2.33. The first-order chi connectivity index (χ1) is 12.2. The summed E-state index contributed by atoms with van der Waals surface area (Å²) in [5.41, 5.74) is 4.51. The molecule has 0 bridgehead atoms. The van der Waals surface area contributed by atoms with Crippen molar-refractivity contribution in [1.82, 2.24) is 19.9 Å². The quantitative estimate of drug-likeness (QED) is 0.729. The van der Waals surface area contributed by atoms with Gasteiger partial charge in [0.15, 0.2) is 0 Å². The number of benzene rings is 1. The molecule has 0 saturated carbocycles. The van der Waals surface area contributed by atoms with Crippen LogP contribution in [0.3, 0.4) is 0 Å². The summed E-state index contributed by atoms with van der Waals surface area (Å²) in [6.45, 7) is 4.63. The van der Waals surface area contributed by atoms with Gasteiger partial charge >= 0.3 is 0 Å². The van der Waals surface area contributed by atoms with Gasteiger partial charge in [0.1, 0.15) is 11.9 Å². The maximum Gasteiger partial charge on any atom is 0.126 e. The van der Waals surface area contributed by atoms with Crippen molar-refractivity contribution in [1.29, 1.82) is 0 Å². The van der Waals surface area contributed by atoms with Gasteiger partial charge in [-0.15, -0.1) is 12.4 Å². The Kier molecular flexibility index (Phi) is 5.91. The molecule has 138 valence electrons. The molecule has 1 unspecified atom stereocenters. The highest BCUT2D eigenvalue weighted by Crippen LogP contribution is 2.28. The van der Waals surface area contributed by atoms with Crippen molar-refractivity contribution in [2.75, 3.05) is 19.6 Å². The largest absolute Gasteiger partial charge is 0.385 e. The third-order valence-corrected chi connectivity index (χ3v) is 4.90. The molecule has 4 rings (SSSR count). The summed E-state index contributed by atoms with van der Waals surface area (Å²) in [4.78, 5) is 14.9. The molecule has 3 aromatic rings. The molecule has 1 saturated heterocycles. The number of aliphatic hydroxyl groups is 1. The van der Waals surface area contributed by atoms with Crippen molar-refractivity contribution in [2.45, 2.75) is 32.3 Å². The summed E-state index contributed by atoms with van der Waals surface area (Å²) in [6, 6.07) is 12.2. The van der Waals surface area contributed by atoms with Gasteiger partial charge in [-0.3, -0.25) is 0 Å². The molecule has 6 heteroatoms. The van der Waals surface area contributed by atoms with Crippen molar-refractivity contribution in [2.24, 2.45) is 0 Å². The van der Waals surface area contributed by atoms with E-state index in [0.29, 0.717) is 18.1 Å². The molecule has 1 fully saturated rings. The molecule has 0 amide bonds. The summed E-state index contributed by atoms with van der Waals surface area (Å²) in [6.07, 6.45) is 3.11. The van der Waals surface area contributed by atoms with E-state index in [4.69, 9.17) is 0 Å². The zero-order valence-electron chi connectivity index (χ0n) is 15.0. The van der Waals surface area contributed by atoms with E-state index in [1.165, 1.54) is 19.3 Å². The lowest BCUT2D eigenvalue weighted by Gasteiger charge is -2.28. The SMILES string of the molecule is Cc1nc(C(O)CN2CCCCC2)c2[nH]c(-c3ccccc3)cc2n1.Cl. The predicted octanol–water partition coefficient (Wildman–Crippen LogP) is 3.87. The Bertz CT molecular complexity index is 859. The van der Waals surface area contributed by atoms with E-state index >= 15 is 0 Å². The van der Waals surface area contributed by atoms with Gasteiger partial charge in [0, 0.05) is 12.2 Å². The van der Waals surface area contributed by atoms with E-state index in [1.807, 2.05) is 31.2 Å². The molecular weight excluding hydrogens is 348 g/mol.